The lowest BCUT2D eigenvalue weighted by atomic mass is 10.1. The third-order valence-corrected chi connectivity index (χ3v) is 3.52. The number of piperidine rings is 1. The van der Waals surface area contributed by atoms with Gasteiger partial charge in [-0.1, -0.05) is 18.6 Å². The molecule has 1 aromatic carbocycles. The predicted molar refractivity (Wildman–Crippen MR) is 70.9 cm³/mol. The molecule has 0 N–H and O–H groups in total. The summed E-state index contributed by atoms with van der Waals surface area (Å²) in [5.41, 5.74) is 2.50. The van der Waals surface area contributed by atoms with Gasteiger partial charge in [-0.3, -0.25) is 9.88 Å². The molecule has 3 rings (SSSR count). The normalized spacial score (nSPS) is 17.4. The minimum Gasteiger partial charge on any atom is -0.299 e. The Balaban J connectivity index is 1.80. The number of benzene rings is 1. The Labute approximate surface area is 102 Å². The fraction of sp³-hybridized carbons (Fsp3) is 0.400. The van der Waals surface area contributed by atoms with Crippen molar-refractivity contribution in [3.05, 3.63) is 42.1 Å². The molecular formula is C15H18N2. The largest absolute Gasteiger partial charge is 0.299 e. The van der Waals surface area contributed by atoms with Gasteiger partial charge in [-0.05, 0) is 49.7 Å². The second-order valence-corrected chi connectivity index (χ2v) is 4.87. The van der Waals surface area contributed by atoms with Crippen molar-refractivity contribution in [3.8, 4) is 0 Å². The van der Waals surface area contributed by atoms with E-state index in [0.717, 1.165) is 12.1 Å². The monoisotopic (exact) mass is 226 g/mol. The molecule has 0 radical (unpaired) electrons. The van der Waals surface area contributed by atoms with Gasteiger partial charge >= 0.3 is 0 Å². The zero-order chi connectivity index (χ0) is 11.5. The lowest BCUT2D eigenvalue weighted by molar-refractivity contribution is 0.221. The topological polar surface area (TPSA) is 16.1 Å². The van der Waals surface area contributed by atoms with E-state index < -0.39 is 0 Å². The van der Waals surface area contributed by atoms with Crippen LogP contribution in [0.15, 0.2) is 36.5 Å². The molecular weight excluding hydrogens is 208 g/mol. The quantitative estimate of drug-likeness (QED) is 0.781. The Morgan fingerprint density at radius 1 is 1.06 bits per heavy atom. The highest BCUT2D eigenvalue weighted by molar-refractivity contribution is 5.78. The van der Waals surface area contributed by atoms with E-state index in [-0.39, 0.29) is 0 Å². The van der Waals surface area contributed by atoms with E-state index >= 15 is 0 Å². The minimum atomic E-state index is 1.09. The Kier molecular flexibility index (Phi) is 3.06. The number of hydrogen-bond acceptors (Lipinski definition) is 2. The van der Waals surface area contributed by atoms with E-state index in [2.05, 4.69) is 34.1 Å². The van der Waals surface area contributed by atoms with Gasteiger partial charge < -0.3 is 0 Å². The predicted octanol–water partition coefficient (Wildman–Crippen LogP) is 3.22. The lowest BCUT2D eigenvalue weighted by Gasteiger charge is -2.26. The summed E-state index contributed by atoms with van der Waals surface area (Å²) in [4.78, 5) is 6.91. The van der Waals surface area contributed by atoms with E-state index in [9.17, 15) is 0 Å². The summed E-state index contributed by atoms with van der Waals surface area (Å²) in [6.07, 6.45) is 5.97. The molecule has 1 aliphatic rings. The van der Waals surface area contributed by atoms with Crippen LogP contribution < -0.4 is 0 Å². The summed E-state index contributed by atoms with van der Waals surface area (Å²) in [7, 11) is 0. The van der Waals surface area contributed by atoms with Crippen LogP contribution in [0.4, 0.5) is 0 Å². The number of nitrogens with zero attached hydrogens (tertiary/aromatic N) is 2. The molecule has 1 aromatic heterocycles. The molecule has 1 fully saturated rings. The first-order valence-corrected chi connectivity index (χ1v) is 6.48. The van der Waals surface area contributed by atoms with Crippen molar-refractivity contribution in [3.63, 3.8) is 0 Å². The highest BCUT2D eigenvalue weighted by atomic mass is 15.1. The summed E-state index contributed by atoms with van der Waals surface area (Å²) in [5.74, 6) is 0. The molecule has 0 amide bonds. The van der Waals surface area contributed by atoms with Crippen molar-refractivity contribution in [2.45, 2.75) is 25.8 Å². The molecule has 0 atom stereocenters. The maximum atomic E-state index is 4.36. The zero-order valence-corrected chi connectivity index (χ0v) is 10.1. The molecule has 0 saturated carbocycles. The molecule has 0 bridgehead atoms. The average Bonchev–Trinajstić information content (AvgIpc) is 2.40. The fourth-order valence-corrected chi connectivity index (χ4v) is 2.60. The third-order valence-electron chi connectivity index (χ3n) is 3.52. The number of pyridine rings is 1. The Morgan fingerprint density at radius 3 is 2.82 bits per heavy atom. The van der Waals surface area contributed by atoms with Crippen LogP contribution in [0, 0.1) is 0 Å². The van der Waals surface area contributed by atoms with Gasteiger partial charge in [0.1, 0.15) is 0 Å². The lowest BCUT2D eigenvalue weighted by Crippen LogP contribution is -2.29. The van der Waals surface area contributed by atoms with Crippen LogP contribution in [0.5, 0.6) is 0 Å². The maximum absolute atomic E-state index is 4.36. The molecule has 2 aromatic rings. The van der Waals surface area contributed by atoms with Crippen molar-refractivity contribution < 1.29 is 0 Å². The zero-order valence-electron chi connectivity index (χ0n) is 10.1. The first-order chi connectivity index (χ1) is 8.42. The van der Waals surface area contributed by atoms with E-state index in [4.69, 9.17) is 0 Å². The van der Waals surface area contributed by atoms with Crippen LogP contribution in [-0.2, 0) is 6.54 Å². The van der Waals surface area contributed by atoms with Crippen molar-refractivity contribution in [2.75, 3.05) is 13.1 Å². The van der Waals surface area contributed by atoms with Gasteiger partial charge in [0.05, 0.1) is 5.52 Å². The average molecular weight is 226 g/mol. The van der Waals surface area contributed by atoms with Gasteiger partial charge in [0.2, 0.25) is 0 Å². The molecule has 2 heterocycles. The van der Waals surface area contributed by atoms with Crippen molar-refractivity contribution in [2.24, 2.45) is 0 Å². The number of aromatic nitrogens is 1. The van der Waals surface area contributed by atoms with E-state index in [1.54, 1.807) is 0 Å². The van der Waals surface area contributed by atoms with Crippen LogP contribution in [0.3, 0.4) is 0 Å². The Morgan fingerprint density at radius 2 is 1.94 bits per heavy atom. The van der Waals surface area contributed by atoms with Gasteiger partial charge in [-0.2, -0.15) is 0 Å². The second-order valence-electron chi connectivity index (χ2n) is 4.87. The number of fused-ring (bicyclic) bond motifs is 1. The van der Waals surface area contributed by atoms with Crippen molar-refractivity contribution >= 4 is 10.9 Å². The summed E-state index contributed by atoms with van der Waals surface area (Å²) in [5, 5.41) is 1.25. The molecule has 1 aliphatic heterocycles. The van der Waals surface area contributed by atoms with Gasteiger partial charge in [-0.25, -0.2) is 0 Å². The molecule has 17 heavy (non-hydrogen) atoms. The molecule has 2 nitrogen and oxygen atoms in total. The highest BCUT2D eigenvalue weighted by Crippen LogP contribution is 2.17. The van der Waals surface area contributed by atoms with Crippen LogP contribution in [0.25, 0.3) is 10.9 Å². The Bertz CT molecular complexity index is 501. The first kappa shape index (κ1) is 10.7. The SMILES string of the molecule is c1cnc2ccc(CN3CCCCC3)cc2c1. The van der Waals surface area contributed by atoms with Gasteiger partial charge in [0.25, 0.3) is 0 Å². The summed E-state index contributed by atoms with van der Waals surface area (Å²) in [6, 6.07) is 10.8. The molecule has 1 saturated heterocycles. The van der Waals surface area contributed by atoms with Crippen LogP contribution >= 0.6 is 0 Å². The number of rotatable bonds is 2. The van der Waals surface area contributed by atoms with Crippen LogP contribution in [0.1, 0.15) is 24.8 Å². The number of hydrogen-bond donors (Lipinski definition) is 0. The molecule has 0 unspecified atom stereocenters. The third kappa shape index (κ3) is 2.47. The first-order valence-electron chi connectivity index (χ1n) is 6.48. The van der Waals surface area contributed by atoms with Crippen LogP contribution in [0.2, 0.25) is 0 Å². The fourth-order valence-electron chi connectivity index (χ4n) is 2.60. The van der Waals surface area contributed by atoms with E-state index in [1.807, 2.05) is 12.3 Å². The smallest absolute Gasteiger partial charge is 0.0702 e. The van der Waals surface area contributed by atoms with E-state index in [1.165, 1.54) is 43.3 Å². The van der Waals surface area contributed by atoms with Crippen LogP contribution in [-0.4, -0.2) is 23.0 Å². The minimum absolute atomic E-state index is 1.09. The van der Waals surface area contributed by atoms with Gasteiger partial charge in [0.15, 0.2) is 0 Å². The van der Waals surface area contributed by atoms with Gasteiger partial charge in [-0.15, -0.1) is 0 Å². The summed E-state index contributed by atoms with van der Waals surface area (Å²) >= 11 is 0. The second kappa shape index (κ2) is 4.84. The maximum Gasteiger partial charge on any atom is 0.0702 e. The van der Waals surface area contributed by atoms with Gasteiger partial charge in [0, 0.05) is 18.1 Å². The number of likely N-dealkylation sites (tertiary alicyclic amines) is 1. The molecule has 0 aliphatic carbocycles. The van der Waals surface area contributed by atoms with E-state index in [0.29, 0.717) is 0 Å². The molecule has 88 valence electrons. The standard InChI is InChI=1S/C15H18N2/c1-2-9-17(10-3-1)12-13-6-7-15-14(11-13)5-4-8-16-15/h4-8,11H,1-3,9-10,12H2. The van der Waals surface area contributed by atoms with Crippen molar-refractivity contribution in [1.82, 2.24) is 9.88 Å². The highest BCUT2D eigenvalue weighted by Gasteiger charge is 2.10. The summed E-state index contributed by atoms with van der Waals surface area (Å²) in [6.45, 7) is 3.60. The Hall–Kier alpha value is -1.41. The summed E-state index contributed by atoms with van der Waals surface area (Å²) < 4.78 is 0. The van der Waals surface area contributed by atoms with Crippen molar-refractivity contribution in [1.29, 1.82) is 0 Å². The molecule has 2 heteroatoms. The molecule has 0 spiro atoms.